The van der Waals surface area contributed by atoms with Gasteiger partial charge in [0.25, 0.3) is 0 Å². The summed E-state index contributed by atoms with van der Waals surface area (Å²) in [4.78, 5) is 5.49. The van der Waals surface area contributed by atoms with E-state index in [2.05, 4.69) is 11.1 Å². The van der Waals surface area contributed by atoms with Crippen molar-refractivity contribution >= 4 is 11.3 Å². The fraction of sp³-hybridized carbons (Fsp3) is 0.385. The number of furan rings is 1. The summed E-state index contributed by atoms with van der Waals surface area (Å²) in [6, 6.07) is 6.14. The average Bonchev–Trinajstić information content (AvgIpc) is 2.85. The van der Waals surface area contributed by atoms with Gasteiger partial charge in [0.15, 0.2) is 10.8 Å². The molecule has 0 fully saturated rings. The van der Waals surface area contributed by atoms with Crippen LogP contribution in [-0.2, 0) is 5.41 Å². The molecule has 0 N–H and O–H groups in total. The maximum Gasteiger partial charge on any atom is 0.162 e. The van der Waals surface area contributed by atoms with E-state index < -0.39 is 5.41 Å². The molecule has 0 unspecified atom stereocenters. The molecule has 0 aliphatic heterocycles. The number of aromatic nitrogens is 1. The second-order valence-corrected chi connectivity index (χ2v) is 5.58. The van der Waals surface area contributed by atoms with Gasteiger partial charge < -0.3 is 4.42 Å². The SMILES string of the molecule is Cc1ccc(-c2nc(C)c(C(C)(C)C#N)s2)o1. The van der Waals surface area contributed by atoms with Crippen molar-refractivity contribution in [3.8, 4) is 16.8 Å². The number of nitrogens with zero attached hydrogens (tertiary/aromatic N) is 2. The van der Waals surface area contributed by atoms with Crippen LogP contribution in [0.2, 0.25) is 0 Å². The van der Waals surface area contributed by atoms with E-state index in [0.29, 0.717) is 0 Å². The molecule has 3 nitrogen and oxygen atoms in total. The van der Waals surface area contributed by atoms with Crippen LogP contribution < -0.4 is 0 Å². The highest BCUT2D eigenvalue weighted by Gasteiger charge is 2.26. The van der Waals surface area contributed by atoms with Gasteiger partial charge in [-0.3, -0.25) is 0 Å². The number of aryl methyl sites for hydroxylation is 2. The van der Waals surface area contributed by atoms with Gasteiger partial charge in [-0.2, -0.15) is 5.26 Å². The first-order valence-electron chi connectivity index (χ1n) is 5.40. The summed E-state index contributed by atoms with van der Waals surface area (Å²) in [6.45, 7) is 7.66. The zero-order valence-electron chi connectivity index (χ0n) is 10.4. The Labute approximate surface area is 105 Å². The molecule has 2 rings (SSSR count). The highest BCUT2D eigenvalue weighted by Crippen LogP contribution is 2.36. The van der Waals surface area contributed by atoms with Crippen molar-refractivity contribution in [3.63, 3.8) is 0 Å². The monoisotopic (exact) mass is 246 g/mol. The Hall–Kier alpha value is -1.60. The van der Waals surface area contributed by atoms with Crippen LogP contribution in [0.15, 0.2) is 16.5 Å². The Balaban J connectivity index is 2.48. The van der Waals surface area contributed by atoms with Gasteiger partial charge in [-0.25, -0.2) is 4.98 Å². The van der Waals surface area contributed by atoms with Crippen LogP contribution in [0.4, 0.5) is 0 Å². The van der Waals surface area contributed by atoms with E-state index in [4.69, 9.17) is 9.68 Å². The summed E-state index contributed by atoms with van der Waals surface area (Å²) in [5.41, 5.74) is 0.410. The molecular weight excluding hydrogens is 232 g/mol. The summed E-state index contributed by atoms with van der Waals surface area (Å²) < 4.78 is 5.55. The molecular formula is C13H14N2OS. The molecule has 0 spiro atoms. The summed E-state index contributed by atoms with van der Waals surface area (Å²) in [7, 11) is 0. The smallest absolute Gasteiger partial charge is 0.162 e. The minimum atomic E-state index is -0.498. The highest BCUT2D eigenvalue weighted by atomic mass is 32.1. The van der Waals surface area contributed by atoms with Gasteiger partial charge in [0.05, 0.1) is 17.2 Å². The minimum absolute atomic E-state index is 0.498. The van der Waals surface area contributed by atoms with Crippen molar-refractivity contribution in [2.75, 3.05) is 0 Å². The Morgan fingerprint density at radius 2 is 2.06 bits per heavy atom. The molecule has 17 heavy (non-hydrogen) atoms. The molecule has 0 amide bonds. The normalized spacial score (nSPS) is 11.5. The Morgan fingerprint density at radius 3 is 2.59 bits per heavy atom. The molecule has 2 aromatic heterocycles. The minimum Gasteiger partial charge on any atom is -0.459 e. The Kier molecular flexibility index (Phi) is 2.80. The van der Waals surface area contributed by atoms with Gasteiger partial charge in [-0.15, -0.1) is 11.3 Å². The average molecular weight is 246 g/mol. The van der Waals surface area contributed by atoms with Crippen molar-refractivity contribution in [1.29, 1.82) is 5.26 Å². The van der Waals surface area contributed by atoms with Crippen molar-refractivity contribution in [3.05, 3.63) is 28.5 Å². The quantitative estimate of drug-likeness (QED) is 0.809. The molecule has 4 heteroatoms. The number of hydrogen-bond donors (Lipinski definition) is 0. The predicted molar refractivity (Wildman–Crippen MR) is 67.9 cm³/mol. The molecule has 2 heterocycles. The first-order valence-corrected chi connectivity index (χ1v) is 6.21. The molecule has 88 valence electrons. The predicted octanol–water partition coefficient (Wildman–Crippen LogP) is 3.82. The third-order valence-corrected chi connectivity index (χ3v) is 4.09. The summed E-state index contributed by atoms with van der Waals surface area (Å²) in [5, 5.41) is 10.0. The molecule has 0 atom stereocenters. The molecule has 0 aliphatic carbocycles. The number of nitriles is 1. The second-order valence-electron chi connectivity index (χ2n) is 4.58. The molecule has 0 aromatic carbocycles. The zero-order chi connectivity index (χ0) is 12.6. The van der Waals surface area contributed by atoms with Crippen molar-refractivity contribution < 1.29 is 4.42 Å². The maximum atomic E-state index is 9.16. The van der Waals surface area contributed by atoms with Crippen LogP contribution in [0.5, 0.6) is 0 Å². The van der Waals surface area contributed by atoms with Crippen LogP contribution in [0, 0.1) is 25.2 Å². The third-order valence-electron chi connectivity index (χ3n) is 2.59. The maximum absolute atomic E-state index is 9.16. The lowest BCUT2D eigenvalue weighted by molar-refractivity contribution is 0.548. The molecule has 2 aromatic rings. The van der Waals surface area contributed by atoms with Crippen molar-refractivity contribution in [1.82, 2.24) is 4.98 Å². The summed E-state index contributed by atoms with van der Waals surface area (Å²) in [6.07, 6.45) is 0. The Bertz CT molecular complexity index is 587. The van der Waals surface area contributed by atoms with Gasteiger partial charge in [-0.05, 0) is 39.8 Å². The number of rotatable bonds is 2. The number of thiazole rings is 1. The molecule has 0 bridgehead atoms. The number of hydrogen-bond acceptors (Lipinski definition) is 4. The fourth-order valence-corrected chi connectivity index (χ4v) is 2.76. The van der Waals surface area contributed by atoms with Crippen LogP contribution in [0.3, 0.4) is 0 Å². The summed E-state index contributed by atoms with van der Waals surface area (Å²) >= 11 is 1.53. The second kappa shape index (κ2) is 4.01. The van der Waals surface area contributed by atoms with Crippen molar-refractivity contribution in [2.45, 2.75) is 33.1 Å². The topological polar surface area (TPSA) is 49.8 Å². The first-order chi connectivity index (χ1) is 7.94. The highest BCUT2D eigenvalue weighted by molar-refractivity contribution is 7.15. The lowest BCUT2D eigenvalue weighted by Crippen LogP contribution is -2.13. The standard InChI is InChI=1S/C13H14N2OS/c1-8-5-6-10(16-8)12-15-9(2)11(17-12)13(3,4)7-14/h5-6H,1-4H3. The lowest BCUT2D eigenvalue weighted by Gasteiger charge is -2.12. The van der Waals surface area contributed by atoms with E-state index >= 15 is 0 Å². The van der Waals surface area contributed by atoms with Crippen LogP contribution in [-0.4, -0.2) is 4.98 Å². The van der Waals surface area contributed by atoms with Gasteiger partial charge in [0.2, 0.25) is 0 Å². The Morgan fingerprint density at radius 1 is 1.35 bits per heavy atom. The molecule has 0 aliphatic rings. The fourth-order valence-electron chi connectivity index (χ4n) is 1.68. The van der Waals surface area contributed by atoms with Gasteiger partial charge >= 0.3 is 0 Å². The molecule has 0 saturated carbocycles. The van der Waals surface area contributed by atoms with Gasteiger partial charge in [0.1, 0.15) is 5.76 Å². The van der Waals surface area contributed by atoms with E-state index in [-0.39, 0.29) is 0 Å². The molecule has 0 radical (unpaired) electrons. The van der Waals surface area contributed by atoms with Gasteiger partial charge in [0, 0.05) is 4.88 Å². The third kappa shape index (κ3) is 2.11. The van der Waals surface area contributed by atoms with Gasteiger partial charge in [-0.1, -0.05) is 0 Å². The first kappa shape index (κ1) is 11.9. The van der Waals surface area contributed by atoms with E-state index in [1.54, 1.807) is 0 Å². The van der Waals surface area contributed by atoms with E-state index in [1.165, 1.54) is 11.3 Å². The lowest BCUT2D eigenvalue weighted by atomic mass is 9.93. The summed E-state index contributed by atoms with van der Waals surface area (Å²) in [5.74, 6) is 1.64. The zero-order valence-corrected chi connectivity index (χ0v) is 11.2. The molecule has 0 saturated heterocycles. The van der Waals surface area contributed by atoms with Crippen LogP contribution in [0.1, 0.15) is 30.2 Å². The largest absolute Gasteiger partial charge is 0.459 e. The van der Waals surface area contributed by atoms with E-state index in [0.717, 1.165) is 27.1 Å². The van der Waals surface area contributed by atoms with E-state index in [1.807, 2.05) is 39.8 Å². The van der Waals surface area contributed by atoms with E-state index in [9.17, 15) is 0 Å². The van der Waals surface area contributed by atoms with Crippen LogP contribution >= 0.6 is 11.3 Å². The van der Waals surface area contributed by atoms with Crippen LogP contribution in [0.25, 0.3) is 10.8 Å². The van der Waals surface area contributed by atoms with Crippen molar-refractivity contribution in [2.24, 2.45) is 0 Å².